The van der Waals surface area contributed by atoms with Crippen molar-refractivity contribution < 1.29 is 8.42 Å². The predicted molar refractivity (Wildman–Crippen MR) is 81.9 cm³/mol. The van der Waals surface area contributed by atoms with Crippen LogP contribution in [0.1, 0.15) is 25.5 Å². The number of sulfonamides is 1. The number of aryl methyl sites for hydroxylation is 1. The second-order valence-corrected chi connectivity index (χ2v) is 8.81. The maximum Gasteiger partial charge on any atom is 0.252 e. The lowest BCUT2D eigenvalue weighted by molar-refractivity contribution is 0.195. The van der Waals surface area contributed by atoms with Crippen LogP contribution in [0.3, 0.4) is 0 Å². The van der Waals surface area contributed by atoms with Crippen LogP contribution >= 0.6 is 22.9 Å². The van der Waals surface area contributed by atoms with Crippen LogP contribution in [0.15, 0.2) is 4.21 Å². The van der Waals surface area contributed by atoms with Gasteiger partial charge >= 0.3 is 0 Å². The van der Waals surface area contributed by atoms with Crippen molar-refractivity contribution in [3.05, 3.63) is 10.2 Å². The summed E-state index contributed by atoms with van der Waals surface area (Å²) in [5.41, 5.74) is 0.458. The van der Waals surface area contributed by atoms with Gasteiger partial charge in [0, 0.05) is 13.1 Å². The summed E-state index contributed by atoms with van der Waals surface area (Å²) in [6.07, 6.45) is 2.38. The zero-order chi connectivity index (χ0) is 14.8. The van der Waals surface area contributed by atoms with Gasteiger partial charge in [0.1, 0.15) is 0 Å². The Kier molecular flexibility index (Phi) is 5.42. The molecule has 1 saturated heterocycles. The average Bonchev–Trinajstić information content (AvgIpc) is 2.72. The highest BCUT2D eigenvalue weighted by Crippen LogP contribution is 2.26. The van der Waals surface area contributed by atoms with E-state index in [2.05, 4.69) is 21.5 Å². The van der Waals surface area contributed by atoms with Gasteiger partial charge in [0.2, 0.25) is 0 Å². The van der Waals surface area contributed by atoms with Crippen LogP contribution in [0, 0.1) is 12.8 Å². The minimum absolute atomic E-state index is 0.217. The molecule has 0 spiro atoms. The molecule has 0 saturated carbocycles. The van der Waals surface area contributed by atoms with Crippen molar-refractivity contribution in [1.82, 2.24) is 14.6 Å². The minimum Gasteiger partial charge on any atom is -0.302 e. The first-order chi connectivity index (χ1) is 9.38. The fourth-order valence-corrected chi connectivity index (χ4v) is 5.09. The lowest BCUT2D eigenvalue weighted by atomic mass is 9.99. The SMILES string of the molecule is Cc1nc(Cl)sc1S(=O)(=O)NCCN1CCC(C)CC1. The van der Waals surface area contributed by atoms with Crippen molar-refractivity contribution in [2.24, 2.45) is 5.92 Å². The maximum atomic E-state index is 12.1. The number of thiazole rings is 1. The van der Waals surface area contributed by atoms with Crippen LogP contribution < -0.4 is 4.72 Å². The molecule has 8 heteroatoms. The summed E-state index contributed by atoms with van der Waals surface area (Å²) in [5, 5.41) is 0. The molecule has 0 amide bonds. The molecule has 1 aliphatic rings. The molecule has 0 aliphatic carbocycles. The van der Waals surface area contributed by atoms with E-state index in [1.165, 1.54) is 12.8 Å². The fourth-order valence-electron chi connectivity index (χ4n) is 2.29. The largest absolute Gasteiger partial charge is 0.302 e. The zero-order valence-electron chi connectivity index (χ0n) is 11.7. The van der Waals surface area contributed by atoms with Crippen molar-refractivity contribution >= 4 is 33.0 Å². The Hall–Kier alpha value is -0.210. The number of rotatable bonds is 5. The third-order valence-corrected chi connectivity index (χ3v) is 6.90. The number of halogens is 1. The van der Waals surface area contributed by atoms with E-state index in [1.54, 1.807) is 6.92 Å². The third kappa shape index (κ3) is 4.14. The van der Waals surface area contributed by atoms with Gasteiger partial charge in [0.15, 0.2) is 8.68 Å². The van der Waals surface area contributed by atoms with Crippen molar-refractivity contribution in [2.45, 2.75) is 30.9 Å². The highest BCUT2D eigenvalue weighted by Gasteiger charge is 2.22. The Morgan fingerprint density at radius 3 is 2.65 bits per heavy atom. The highest BCUT2D eigenvalue weighted by atomic mass is 35.5. The van der Waals surface area contributed by atoms with E-state index in [9.17, 15) is 8.42 Å². The molecule has 1 aliphatic heterocycles. The average molecular weight is 338 g/mol. The quantitative estimate of drug-likeness (QED) is 0.894. The summed E-state index contributed by atoms with van der Waals surface area (Å²) in [4.78, 5) is 6.24. The molecule has 2 heterocycles. The van der Waals surface area contributed by atoms with Gasteiger partial charge in [0.25, 0.3) is 10.0 Å². The number of piperidine rings is 1. The van der Waals surface area contributed by atoms with Gasteiger partial charge in [-0.2, -0.15) is 0 Å². The number of likely N-dealkylation sites (tertiary alicyclic amines) is 1. The van der Waals surface area contributed by atoms with Gasteiger partial charge < -0.3 is 4.90 Å². The first-order valence-corrected chi connectivity index (χ1v) is 9.41. The summed E-state index contributed by atoms with van der Waals surface area (Å²) in [6.45, 7) is 7.19. The topological polar surface area (TPSA) is 62.3 Å². The minimum atomic E-state index is -3.49. The summed E-state index contributed by atoms with van der Waals surface area (Å²) in [7, 11) is -3.49. The Balaban J connectivity index is 1.85. The van der Waals surface area contributed by atoms with Crippen molar-refractivity contribution in [3.8, 4) is 0 Å². The van der Waals surface area contributed by atoms with Gasteiger partial charge in [-0.3, -0.25) is 0 Å². The Bertz CT molecular complexity index is 551. The van der Waals surface area contributed by atoms with E-state index in [1.807, 2.05) is 0 Å². The molecule has 5 nitrogen and oxygen atoms in total. The molecule has 0 atom stereocenters. The van der Waals surface area contributed by atoms with Gasteiger partial charge in [-0.25, -0.2) is 18.1 Å². The molecule has 0 aromatic carbocycles. The number of aromatic nitrogens is 1. The Morgan fingerprint density at radius 2 is 2.10 bits per heavy atom. The summed E-state index contributed by atoms with van der Waals surface area (Å²) < 4.78 is 27.4. The molecule has 0 unspecified atom stereocenters. The molecule has 114 valence electrons. The number of nitrogens with one attached hydrogen (secondary N) is 1. The van der Waals surface area contributed by atoms with E-state index in [0.29, 0.717) is 12.2 Å². The molecule has 1 aromatic heterocycles. The van der Waals surface area contributed by atoms with E-state index in [4.69, 9.17) is 11.6 Å². The van der Waals surface area contributed by atoms with E-state index in [-0.39, 0.29) is 8.68 Å². The standard InChI is InChI=1S/C12H20ClN3O2S2/c1-9-3-6-16(7-4-9)8-5-14-20(17,18)11-10(2)15-12(13)19-11/h9,14H,3-8H2,1-2H3. The van der Waals surface area contributed by atoms with Crippen LogP contribution in [-0.4, -0.2) is 44.5 Å². The van der Waals surface area contributed by atoms with E-state index in [0.717, 1.165) is 36.9 Å². The van der Waals surface area contributed by atoms with Crippen molar-refractivity contribution in [2.75, 3.05) is 26.2 Å². The lowest BCUT2D eigenvalue weighted by Gasteiger charge is -2.30. The van der Waals surface area contributed by atoms with Crippen LogP contribution in [0.2, 0.25) is 4.47 Å². The zero-order valence-corrected chi connectivity index (χ0v) is 14.1. The first-order valence-electron chi connectivity index (χ1n) is 6.73. The number of hydrogen-bond donors (Lipinski definition) is 1. The van der Waals surface area contributed by atoms with Crippen LogP contribution in [0.4, 0.5) is 0 Å². The molecular weight excluding hydrogens is 318 g/mol. The molecule has 0 radical (unpaired) electrons. The monoisotopic (exact) mass is 337 g/mol. The summed E-state index contributed by atoms with van der Waals surface area (Å²) in [6, 6.07) is 0. The summed E-state index contributed by atoms with van der Waals surface area (Å²) in [5.74, 6) is 0.782. The molecule has 1 N–H and O–H groups in total. The van der Waals surface area contributed by atoms with E-state index >= 15 is 0 Å². The second kappa shape index (κ2) is 6.70. The molecule has 20 heavy (non-hydrogen) atoms. The predicted octanol–water partition coefficient (Wildman–Crippen LogP) is 2.12. The molecule has 0 bridgehead atoms. The van der Waals surface area contributed by atoms with Gasteiger partial charge in [-0.15, -0.1) is 0 Å². The summed E-state index contributed by atoms with van der Waals surface area (Å²) >= 11 is 6.75. The number of nitrogens with zero attached hydrogens (tertiary/aromatic N) is 2. The van der Waals surface area contributed by atoms with E-state index < -0.39 is 10.0 Å². The highest BCUT2D eigenvalue weighted by molar-refractivity contribution is 7.91. The van der Waals surface area contributed by atoms with Crippen molar-refractivity contribution in [3.63, 3.8) is 0 Å². The molecular formula is C12H20ClN3O2S2. The Labute approximate surface area is 129 Å². The van der Waals surface area contributed by atoms with Crippen LogP contribution in [0.25, 0.3) is 0 Å². The number of hydrogen-bond acceptors (Lipinski definition) is 5. The van der Waals surface area contributed by atoms with Crippen LogP contribution in [0.5, 0.6) is 0 Å². The third-order valence-electron chi connectivity index (χ3n) is 3.57. The molecule has 1 fully saturated rings. The Morgan fingerprint density at radius 1 is 1.45 bits per heavy atom. The van der Waals surface area contributed by atoms with Crippen LogP contribution in [-0.2, 0) is 10.0 Å². The molecule has 1 aromatic rings. The second-order valence-electron chi connectivity index (χ2n) is 5.26. The van der Waals surface area contributed by atoms with Crippen molar-refractivity contribution in [1.29, 1.82) is 0 Å². The molecule has 2 rings (SSSR count). The lowest BCUT2D eigenvalue weighted by Crippen LogP contribution is -2.39. The van der Waals surface area contributed by atoms with Gasteiger partial charge in [-0.1, -0.05) is 29.9 Å². The smallest absolute Gasteiger partial charge is 0.252 e. The maximum absolute atomic E-state index is 12.1. The normalized spacial score (nSPS) is 18.6. The van der Waals surface area contributed by atoms with Gasteiger partial charge in [0.05, 0.1) is 5.69 Å². The first kappa shape index (κ1) is 16.2. The fraction of sp³-hybridized carbons (Fsp3) is 0.750. The van der Waals surface area contributed by atoms with Gasteiger partial charge in [-0.05, 0) is 38.8 Å².